The molecular weight excluding hydrogens is 226 g/mol. The molecule has 0 aromatic rings. The largest absolute Gasteiger partial charge is 0.355 e. The standard InChI is InChI=1S/C14H29N3O/c1-4-12(2)17(3)9-8-16-14(18)10-13-6-5-7-15-11-13/h12-13,15H,4-11H2,1-3H3,(H,16,18). The number of piperidine rings is 1. The highest BCUT2D eigenvalue weighted by Gasteiger charge is 2.16. The van der Waals surface area contributed by atoms with Gasteiger partial charge in [0.05, 0.1) is 0 Å². The van der Waals surface area contributed by atoms with Crippen LogP contribution in [0.1, 0.15) is 39.5 Å². The van der Waals surface area contributed by atoms with Crippen molar-refractivity contribution in [1.82, 2.24) is 15.5 Å². The van der Waals surface area contributed by atoms with Crippen molar-refractivity contribution in [2.75, 3.05) is 33.2 Å². The third-order valence-electron chi connectivity index (χ3n) is 4.00. The summed E-state index contributed by atoms with van der Waals surface area (Å²) < 4.78 is 0. The van der Waals surface area contributed by atoms with Crippen molar-refractivity contribution in [3.05, 3.63) is 0 Å². The van der Waals surface area contributed by atoms with E-state index in [-0.39, 0.29) is 5.91 Å². The number of amides is 1. The van der Waals surface area contributed by atoms with Crippen LogP contribution < -0.4 is 10.6 Å². The fourth-order valence-corrected chi connectivity index (χ4v) is 2.34. The van der Waals surface area contributed by atoms with E-state index in [2.05, 4.69) is 36.4 Å². The molecule has 0 saturated carbocycles. The van der Waals surface area contributed by atoms with E-state index in [1.165, 1.54) is 12.8 Å². The summed E-state index contributed by atoms with van der Waals surface area (Å²) >= 11 is 0. The zero-order chi connectivity index (χ0) is 13.4. The van der Waals surface area contributed by atoms with Crippen molar-refractivity contribution >= 4 is 5.91 Å². The fraction of sp³-hybridized carbons (Fsp3) is 0.929. The van der Waals surface area contributed by atoms with Gasteiger partial charge >= 0.3 is 0 Å². The zero-order valence-corrected chi connectivity index (χ0v) is 12.2. The van der Waals surface area contributed by atoms with E-state index >= 15 is 0 Å². The molecule has 2 atom stereocenters. The SMILES string of the molecule is CCC(C)N(C)CCNC(=O)CC1CCCNC1. The summed E-state index contributed by atoms with van der Waals surface area (Å²) in [6.07, 6.45) is 4.22. The lowest BCUT2D eigenvalue weighted by atomic mass is 9.96. The van der Waals surface area contributed by atoms with Gasteiger partial charge in [-0.05, 0) is 52.2 Å². The van der Waals surface area contributed by atoms with E-state index < -0.39 is 0 Å². The quantitative estimate of drug-likeness (QED) is 0.719. The first-order valence-electron chi connectivity index (χ1n) is 7.31. The summed E-state index contributed by atoms with van der Waals surface area (Å²) in [5, 5.41) is 6.38. The number of nitrogens with one attached hydrogen (secondary N) is 2. The van der Waals surface area contributed by atoms with Crippen LogP contribution in [-0.4, -0.2) is 50.1 Å². The Balaban J connectivity index is 2.09. The fourth-order valence-electron chi connectivity index (χ4n) is 2.34. The first-order chi connectivity index (χ1) is 8.63. The highest BCUT2D eigenvalue weighted by atomic mass is 16.1. The number of likely N-dealkylation sites (N-methyl/N-ethyl adjacent to an activating group) is 1. The summed E-state index contributed by atoms with van der Waals surface area (Å²) in [5.41, 5.74) is 0. The van der Waals surface area contributed by atoms with Crippen LogP contribution in [0.15, 0.2) is 0 Å². The molecule has 4 nitrogen and oxygen atoms in total. The molecule has 0 aromatic heterocycles. The highest BCUT2D eigenvalue weighted by molar-refractivity contribution is 5.76. The van der Waals surface area contributed by atoms with Crippen LogP contribution in [0.2, 0.25) is 0 Å². The molecule has 0 spiro atoms. The summed E-state index contributed by atoms with van der Waals surface area (Å²) in [7, 11) is 2.12. The van der Waals surface area contributed by atoms with Crippen LogP contribution in [0.4, 0.5) is 0 Å². The predicted octanol–water partition coefficient (Wildman–Crippen LogP) is 1.22. The molecule has 2 unspecified atom stereocenters. The average molecular weight is 255 g/mol. The second-order valence-electron chi connectivity index (χ2n) is 5.50. The van der Waals surface area contributed by atoms with Gasteiger partial charge < -0.3 is 15.5 Å². The molecule has 1 aliphatic rings. The summed E-state index contributed by atoms with van der Waals surface area (Å²) in [6.45, 7) is 8.22. The number of carbonyl (C=O) groups excluding carboxylic acids is 1. The lowest BCUT2D eigenvalue weighted by Gasteiger charge is -2.24. The average Bonchev–Trinajstić information content (AvgIpc) is 2.38. The van der Waals surface area contributed by atoms with E-state index in [9.17, 15) is 4.79 Å². The monoisotopic (exact) mass is 255 g/mol. The summed E-state index contributed by atoms with van der Waals surface area (Å²) in [6, 6.07) is 0.587. The minimum absolute atomic E-state index is 0.209. The molecule has 4 heteroatoms. The Morgan fingerprint density at radius 1 is 1.56 bits per heavy atom. The van der Waals surface area contributed by atoms with Gasteiger partial charge in [-0.1, -0.05) is 6.92 Å². The number of hydrogen-bond donors (Lipinski definition) is 2. The van der Waals surface area contributed by atoms with Gasteiger partial charge in [0.1, 0.15) is 0 Å². The summed E-state index contributed by atoms with van der Waals surface area (Å²) in [4.78, 5) is 14.1. The van der Waals surface area contributed by atoms with E-state index in [1.807, 2.05) is 0 Å². The van der Waals surface area contributed by atoms with Crippen LogP contribution >= 0.6 is 0 Å². The lowest BCUT2D eigenvalue weighted by molar-refractivity contribution is -0.122. The molecule has 1 amide bonds. The lowest BCUT2D eigenvalue weighted by Crippen LogP contribution is -2.38. The van der Waals surface area contributed by atoms with Crippen LogP contribution in [0.25, 0.3) is 0 Å². The van der Waals surface area contributed by atoms with E-state index in [0.29, 0.717) is 18.4 Å². The van der Waals surface area contributed by atoms with E-state index in [4.69, 9.17) is 0 Å². The Labute approximate surface area is 111 Å². The number of nitrogens with zero attached hydrogens (tertiary/aromatic N) is 1. The van der Waals surface area contributed by atoms with Crippen molar-refractivity contribution in [2.45, 2.75) is 45.6 Å². The van der Waals surface area contributed by atoms with Gasteiger partial charge in [-0.15, -0.1) is 0 Å². The molecule has 1 fully saturated rings. The first-order valence-corrected chi connectivity index (χ1v) is 7.31. The second-order valence-corrected chi connectivity index (χ2v) is 5.50. The third kappa shape index (κ3) is 5.83. The molecule has 1 aliphatic heterocycles. The van der Waals surface area contributed by atoms with Gasteiger partial charge in [0, 0.05) is 25.6 Å². The van der Waals surface area contributed by atoms with Gasteiger partial charge in [0.15, 0.2) is 0 Å². The Kier molecular flexibility index (Phi) is 7.28. The van der Waals surface area contributed by atoms with Crippen molar-refractivity contribution in [2.24, 2.45) is 5.92 Å². The number of rotatable bonds is 7. The highest BCUT2D eigenvalue weighted by Crippen LogP contribution is 2.13. The molecule has 1 saturated heterocycles. The Bertz CT molecular complexity index is 239. The summed E-state index contributed by atoms with van der Waals surface area (Å²) in [5.74, 6) is 0.743. The zero-order valence-electron chi connectivity index (χ0n) is 12.2. The maximum Gasteiger partial charge on any atom is 0.220 e. The van der Waals surface area contributed by atoms with Gasteiger partial charge in [-0.3, -0.25) is 4.79 Å². The van der Waals surface area contributed by atoms with Crippen molar-refractivity contribution in [3.63, 3.8) is 0 Å². The molecule has 2 N–H and O–H groups in total. The smallest absolute Gasteiger partial charge is 0.220 e. The molecule has 1 rings (SSSR count). The molecule has 0 radical (unpaired) electrons. The third-order valence-corrected chi connectivity index (χ3v) is 4.00. The van der Waals surface area contributed by atoms with Crippen molar-refractivity contribution < 1.29 is 4.79 Å². The van der Waals surface area contributed by atoms with Gasteiger partial charge in [-0.2, -0.15) is 0 Å². The second kappa shape index (κ2) is 8.48. The Morgan fingerprint density at radius 2 is 2.33 bits per heavy atom. The first kappa shape index (κ1) is 15.4. The molecule has 18 heavy (non-hydrogen) atoms. The molecule has 0 bridgehead atoms. The van der Waals surface area contributed by atoms with Crippen LogP contribution in [0.3, 0.4) is 0 Å². The van der Waals surface area contributed by atoms with Gasteiger partial charge in [-0.25, -0.2) is 0 Å². The topological polar surface area (TPSA) is 44.4 Å². The van der Waals surface area contributed by atoms with E-state index in [1.54, 1.807) is 0 Å². The predicted molar refractivity (Wildman–Crippen MR) is 75.6 cm³/mol. The van der Waals surface area contributed by atoms with E-state index in [0.717, 1.165) is 32.6 Å². The molecule has 0 aromatic carbocycles. The van der Waals surface area contributed by atoms with Gasteiger partial charge in [0.2, 0.25) is 5.91 Å². The maximum absolute atomic E-state index is 11.8. The Hall–Kier alpha value is -0.610. The molecule has 0 aliphatic carbocycles. The van der Waals surface area contributed by atoms with Crippen LogP contribution in [-0.2, 0) is 4.79 Å². The minimum Gasteiger partial charge on any atom is -0.355 e. The maximum atomic E-state index is 11.8. The number of hydrogen-bond acceptors (Lipinski definition) is 3. The van der Waals surface area contributed by atoms with Crippen LogP contribution in [0, 0.1) is 5.92 Å². The number of carbonyl (C=O) groups is 1. The normalized spacial score (nSPS) is 21.9. The van der Waals surface area contributed by atoms with Crippen LogP contribution in [0.5, 0.6) is 0 Å². The van der Waals surface area contributed by atoms with Gasteiger partial charge in [0.25, 0.3) is 0 Å². The molecule has 1 heterocycles. The van der Waals surface area contributed by atoms with Crippen molar-refractivity contribution in [3.8, 4) is 0 Å². The Morgan fingerprint density at radius 3 is 2.94 bits per heavy atom. The molecule has 106 valence electrons. The minimum atomic E-state index is 0.209. The van der Waals surface area contributed by atoms with Crippen molar-refractivity contribution in [1.29, 1.82) is 0 Å². The molecular formula is C14H29N3O.